The van der Waals surface area contributed by atoms with Crippen molar-refractivity contribution < 1.29 is 8.42 Å². The van der Waals surface area contributed by atoms with Crippen molar-refractivity contribution in [2.45, 2.75) is 20.0 Å². The Labute approximate surface area is 113 Å². The molecular weight excluding hydrogens is 262 g/mol. The van der Waals surface area contributed by atoms with E-state index >= 15 is 0 Å². The Morgan fingerprint density at radius 1 is 1.42 bits per heavy atom. The van der Waals surface area contributed by atoms with E-state index in [0.29, 0.717) is 6.54 Å². The lowest BCUT2D eigenvalue weighted by atomic mass is 10.2. The van der Waals surface area contributed by atoms with Crippen LogP contribution in [0.1, 0.15) is 12.5 Å². The Balaban J connectivity index is 2.33. The molecule has 6 heteroatoms. The van der Waals surface area contributed by atoms with Crippen LogP contribution in [0.5, 0.6) is 0 Å². The van der Waals surface area contributed by atoms with Crippen LogP contribution in [0, 0.1) is 0 Å². The number of hydrogen-bond acceptors (Lipinski definition) is 4. The quantitative estimate of drug-likeness (QED) is 0.864. The largest absolute Gasteiger partial charge is 0.331 e. The van der Waals surface area contributed by atoms with Gasteiger partial charge in [0.05, 0.1) is 5.75 Å². The van der Waals surface area contributed by atoms with Crippen molar-refractivity contribution in [3.05, 3.63) is 30.1 Å². The van der Waals surface area contributed by atoms with Gasteiger partial charge in [0.15, 0.2) is 0 Å². The number of sulfone groups is 1. The van der Waals surface area contributed by atoms with Crippen LogP contribution < -0.4 is 5.32 Å². The van der Waals surface area contributed by atoms with Crippen molar-refractivity contribution in [2.75, 3.05) is 18.6 Å². The van der Waals surface area contributed by atoms with Crippen LogP contribution in [0.2, 0.25) is 0 Å². The molecule has 104 valence electrons. The fourth-order valence-electron chi connectivity index (χ4n) is 2.03. The van der Waals surface area contributed by atoms with Crippen molar-refractivity contribution in [3.63, 3.8) is 0 Å². The third-order valence-electron chi connectivity index (χ3n) is 2.98. The summed E-state index contributed by atoms with van der Waals surface area (Å²) >= 11 is 0. The minimum absolute atomic E-state index is 0.133. The van der Waals surface area contributed by atoms with Gasteiger partial charge in [0.1, 0.15) is 15.5 Å². The van der Waals surface area contributed by atoms with E-state index in [1.807, 2.05) is 22.9 Å². The highest BCUT2D eigenvalue weighted by Crippen LogP contribution is 2.19. The molecule has 0 unspecified atom stereocenters. The van der Waals surface area contributed by atoms with Crippen LogP contribution in [-0.4, -0.2) is 36.5 Å². The summed E-state index contributed by atoms with van der Waals surface area (Å²) in [6.45, 7) is 4.17. The summed E-state index contributed by atoms with van der Waals surface area (Å²) in [4.78, 5) is 4.35. The summed E-state index contributed by atoms with van der Waals surface area (Å²) < 4.78 is 24.5. The number of aromatic nitrogens is 2. The molecule has 19 heavy (non-hydrogen) atoms. The van der Waals surface area contributed by atoms with Crippen LogP contribution in [0.15, 0.2) is 24.5 Å². The zero-order chi connectivity index (χ0) is 13.9. The van der Waals surface area contributed by atoms with Crippen molar-refractivity contribution >= 4 is 20.9 Å². The Kier molecular flexibility index (Phi) is 4.21. The summed E-state index contributed by atoms with van der Waals surface area (Å²) in [6.07, 6.45) is 4.98. The molecule has 0 radical (unpaired) electrons. The average molecular weight is 281 g/mol. The minimum atomic E-state index is -2.96. The smallest absolute Gasteiger partial charge is 0.149 e. The second-order valence-corrected chi connectivity index (χ2v) is 6.89. The molecular formula is C13H19N3O2S. The fraction of sp³-hybridized carbons (Fsp3) is 0.462. The summed E-state index contributed by atoms with van der Waals surface area (Å²) in [5.74, 6) is 0.133. The maximum atomic E-state index is 11.3. The standard InChI is InChI=1S/C13H19N3O2S/c1-3-14-9-11-10-16(7-8-19(2,17)18)13-12(11)5-4-6-15-13/h4-6,10,14H,3,7-9H2,1-2H3. The molecule has 2 aromatic heterocycles. The zero-order valence-electron chi connectivity index (χ0n) is 11.3. The Bertz CT molecular complexity index is 662. The first-order valence-electron chi connectivity index (χ1n) is 6.32. The number of pyridine rings is 1. The van der Waals surface area contributed by atoms with Gasteiger partial charge in [0.2, 0.25) is 0 Å². The van der Waals surface area contributed by atoms with E-state index < -0.39 is 9.84 Å². The SMILES string of the molecule is CCNCc1cn(CCS(C)(=O)=O)c2ncccc12. The van der Waals surface area contributed by atoms with Gasteiger partial charge in [-0.3, -0.25) is 0 Å². The van der Waals surface area contributed by atoms with Gasteiger partial charge in [-0.05, 0) is 24.2 Å². The molecule has 0 aliphatic carbocycles. The van der Waals surface area contributed by atoms with E-state index in [1.165, 1.54) is 6.26 Å². The van der Waals surface area contributed by atoms with E-state index in [-0.39, 0.29) is 5.75 Å². The molecule has 0 amide bonds. The van der Waals surface area contributed by atoms with Crippen LogP contribution in [0.3, 0.4) is 0 Å². The predicted molar refractivity (Wildman–Crippen MR) is 76.8 cm³/mol. The van der Waals surface area contributed by atoms with E-state index in [9.17, 15) is 8.42 Å². The highest BCUT2D eigenvalue weighted by Gasteiger charge is 2.10. The lowest BCUT2D eigenvalue weighted by Gasteiger charge is -2.02. The normalized spacial score (nSPS) is 12.1. The Morgan fingerprint density at radius 2 is 2.21 bits per heavy atom. The topological polar surface area (TPSA) is 64.0 Å². The molecule has 2 rings (SSSR count). The second kappa shape index (κ2) is 5.71. The van der Waals surface area contributed by atoms with Crippen LogP contribution in [0.4, 0.5) is 0 Å². The summed E-state index contributed by atoms with van der Waals surface area (Å²) in [7, 11) is -2.96. The molecule has 0 bridgehead atoms. The maximum absolute atomic E-state index is 11.3. The van der Waals surface area contributed by atoms with E-state index in [4.69, 9.17) is 0 Å². The third-order valence-corrected chi connectivity index (χ3v) is 3.91. The Morgan fingerprint density at radius 3 is 2.89 bits per heavy atom. The van der Waals surface area contributed by atoms with Gasteiger partial charge in [0.25, 0.3) is 0 Å². The van der Waals surface area contributed by atoms with Crippen LogP contribution in [0.25, 0.3) is 11.0 Å². The lowest BCUT2D eigenvalue weighted by molar-refractivity contribution is 0.595. The summed E-state index contributed by atoms with van der Waals surface area (Å²) in [5.41, 5.74) is 2.00. The second-order valence-electron chi connectivity index (χ2n) is 4.63. The van der Waals surface area contributed by atoms with Gasteiger partial charge in [-0.2, -0.15) is 0 Å². The molecule has 0 aliphatic rings. The molecule has 0 atom stereocenters. The maximum Gasteiger partial charge on any atom is 0.149 e. The zero-order valence-corrected chi connectivity index (χ0v) is 12.1. The molecule has 0 aliphatic heterocycles. The fourth-order valence-corrected chi connectivity index (χ4v) is 2.56. The van der Waals surface area contributed by atoms with Gasteiger partial charge in [0, 0.05) is 37.1 Å². The molecule has 0 saturated heterocycles. The van der Waals surface area contributed by atoms with Gasteiger partial charge in [-0.1, -0.05) is 6.92 Å². The average Bonchev–Trinajstić information content (AvgIpc) is 2.72. The number of hydrogen-bond donors (Lipinski definition) is 1. The third kappa shape index (κ3) is 3.54. The number of fused-ring (bicyclic) bond motifs is 1. The first-order valence-corrected chi connectivity index (χ1v) is 8.38. The molecule has 1 N–H and O–H groups in total. The molecule has 2 heterocycles. The van der Waals surface area contributed by atoms with E-state index in [2.05, 4.69) is 17.2 Å². The molecule has 0 fully saturated rings. The first-order chi connectivity index (χ1) is 9.01. The monoisotopic (exact) mass is 281 g/mol. The van der Waals surface area contributed by atoms with Gasteiger partial charge in [-0.15, -0.1) is 0 Å². The number of nitrogens with one attached hydrogen (secondary N) is 1. The molecule has 0 spiro atoms. The van der Waals surface area contributed by atoms with Gasteiger partial charge in [-0.25, -0.2) is 13.4 Å². The Hall–Kier alpha value is -1.40. The number of nitrogens with zero attached hydrogens (tertiary/aromatic N) is 2. The van der Waals surface area contributed by atoms with Gasteiger partial charge < -0.3 is 9.88 Å². The van der Waals surface area contributed by atoms with E-state index in [0.717, 1.165) is 29.7 Å². The van der Waals surface area contributed by atoms with Crippen molar-refractivity contribution in [3.8, 4) is 0 Å². The lowest BCUT2D eigenvalue weighted by Crippen LogP contribution is -2.12. The van der Waals surface area contributed by atoms with Crippen molar-refractivity contribution in [2.24, 2.45) is 0 Å². The first kappa shape index (κ1) is 14.0. The highest BCUT2D eigenvalue weighted by atomic mass is 32.2. The predicted octanol–water partition coefficient (Wildman–Crippen LogP) is 1.19. The van der Waals surface area contributed by atoms with Gasteiger partial charge >= 0.3 is 0 Å². The van der Waals surface area contributed by atoms with Crippen molar-refractivity contribution in [1.29, 1.82) is 0 Å². The summed E-state index contributed by atoms with van der Waals surface area (Å²) in [6, 6.07) is 3.92. The minimum Gasteiger partial charge on any atom is -0.331 e. The molecule has 5 nitrogen and oxygen atoms in total. The van der Waals surface area contributed by atoms with Crippen molar-refractivity contribution in [1.82, 2.24) is 14.9 Å². The molecule has 0 aromatic carbocycles. The number of rotatable bonds is 6. The van der Waals surface area contributed by atoms with Crippen LogP contribution in [-0.2, 0) is 22.9 Å². The number of aryl methyl sites for hydroxylation is 1. The summed E-state index contributed by atoms with van der Waals surface area (Å²) in [5, 5.41) is 4.36. The molecule has 0 saturated carbocycles. The highest BCUT2D eigenvalue weighted by molar-refractivity contribution is 7.90. The van der Waals surface area contributed by atoms with E-state index in [1.54, 1.807) is 6.20 Å². The molecule has 2 aromatic rings. The van der Waals surface area contributed by atoms with Crippen LogP contribution >= 0.6 is 0 Å².